The van der Waals surface area contributed by atoms with Crippen LogP contribution in [0.2, 0.25) is 0 Å². The number of nitrogens with zero attached hydrogens (tertiary/aromatic N) is 1. The fourth-order valence-corrected chi connectivity index (χ4v) is 1.95. The second-order valence-corrected chi connectivity index (χ2v) is 4.48. The maximum atomic E-state index is 5.62. The maximum absolute atomic E-state index is 5.62. The van der Waals surface area contributed by atoms with Crippen molar-refractivity contribution < 1.29 is 4.74 Å². The number of anilines is 1. The van der Waals surface area contributed by atoms with Crippen LogP contribution in [-0.4, -0.2) is 12.0 Å². The van der Waals surface area contributed by atoms with E-state index >= 15 is 0 Å². The lowest BCUT2D eigenvalue weighted by atomic mass is 10.3. The van der Waals surface area contributed by atoms with E-state index in [2.05, 4.69) is 10.3 Å². The summed E-state index contributed by atoms with van der Waals surface area (Å²) in [6, 6.07) is 7.87. The van der Waals surface area contributed by atoms with Gasteiger partial charge in [-0.3, -0.25) is 0 Å². The number of hydrogen-bond acceptors (Lipinski definition) is 4. The van der Waals surface area contributed by atoms with Crippen molar-refractivity contribution in [2.24, 2.45) is 0 Å². The van der Waals surface area contributed by atoms with E-state index in [1.807, 2.05) is 43.6 Å². The fraction of sp³-hybridized carbons (Fsp3) is 0.250. The van der Waals surface area contributed by atoms with Gasteiger partial charge in [0.15, 0.2) is 0 Å². The van der Waals surface area contributed by atoms with Gasteiger partial charge in [0.1, 0.15) is 12.4 Å². The molecule has 0 aliphatic heterocycles. The maximum Gasteiger partial charge on any atom is 0.131 e. The van der Waals surface area contributed by atoms with Crippen LogP contribution in [0.5, 0.6) is 5.75 Å². The molecule has 0 spiro atoms. The SMILES string of the molecule is CNc1ccc(OCc2csc(C)n2)cc1. The normalized spacial score (nSPS) is 10.1. The van der Waals surface area contributed by atoms with E-state index in [0.717, 1.165) is 22.1 Å². The fourth-order valence-electron chi connectivity index (χ4n) is 1.35. The Kier molecular flexibility index (Phi) is 3.41. The number of benzene rings is 1. The van der Waals surface area contributed by atoms with Crippen LogP contribution < -0.4 is 10.1 Å². The van der Waals surface area contributed by atoms with E-state index in [9.17, 15) is 0 Å². The molecule has 2 rings (SSSR count). The second kappa shape index (κ2) is 4.99. The van der Waals surface area contributed by atoms with Crippen LogP contribution >= 0.6 is 11.3 Å². The molecule has 0 saturated heterocycles. The van der Waals surface area contributed by atoms with Gasteiger partial charge in [0.2, 0.25) is 0 Å². The first-order chi connectivity index (χ1) is 7.78. The smallest absolute Gasteiger partial charge is 0.131 e. The Morgan fingerprint density at radius 3 is 2.62 bits per heavy atom. The number of hydrogen-bond donors (Lipinski definition) is 1. The topological polar surface area (TPSA) is 34.1 Å². The van der Waals surface area contributed by atoms with E-state index in [1.54, 1.807) is 11.3 Å². The Morgan fingerprint density at radius 2 is 2.06 bits per heavy atom. The van der Waals surface area contributed by atoms with Crippen molar-refractivity contribution in [2.45, 2.75) is 13.5 Å². The van der Waals surface area contributed by atoms with E-state index in [4.69, 9.17) is 4.74 Å². The molecule has 2 aromatic rings. The van der Waals surface area contributed by atoms with Gasteiger partial charge in [-0.15, -0.1) is 11.3 Å². The van der Waals surface area contributed by atoms with Crippen LogP contribution in [-0.2, 0) is 6.61 Å². The first kappa shape index (κ1) is 11.0. The Morgan fingerprint density at radius 1 is 1.31 bits per heavy atom. The molecular weight excluding hydrogens is 220 g/mol. The number of nitrogens with one attached hydrogen (secondary N) is 1. The summed E-state index contributed by atoms with van der Waals surface area (Å²) in [5, 5.41) is 6.16. The highest BCUT2D eigenvalue weighted by Gasteiger charge is 1.99. The molecule has 1 heterocycles. The van der Waals surface area contributed by atoms with Gasteiger partial charge in [-0.25, -0.2) is 4.98 Å². The number of aryl methyl sites for hydroxylation is 1. The van der Waals surface area contributed by atoms with Crippen LogP contribution in [0, 0.1) is 6.92 Å². The standard InChI is InChI=1S/C12H14N2OS/c1-9-14-11(8-16-9)7-15-12-5-3-10(13-2)4-6-12/h3-6,8,13H,7H2,1-2H3. The van der Waals surface area contributed by atoms with Gasteiger partial charge < -0.3 is 10.1 Å². The highest BCUT2D eigenvalue weighted by Crippen LogP contribution is 2.17. The first-order valence-corrected chi connectivity index (χ1v) is 5.97. The predicted octanol–water partition coefficient (Wildman–Crippen LogP) is 3.07. The average Bonchev–Trinajstić information content (AvgIpc) is 2.73. The molecule has 0 radical (unpaired) electrons. The number of thiazole rings is 1. The third kappa shape index (κ3) is 2.73. The Bertz CT molecular complexity index is 450. The van der Waals surface area contributed by atoms with Gasteiger partial charge in [0.25, 0.3) is 0 Å². The zero-order valence-electron chi connectivity index (χ0n) is 9.36. The van der Waals surface area contributed by atoms with Crippen LogP contribution in [0.4, 0.5) is 5.69 Å². The summed E-state index contributed by atoms with van der Waals surface area (Å²) in [6.45, 7) is 2.53. The summed E-state index contributed by atoms with van der Waals surface area (Å²) >= 11 is 1.64. The van der Waals surface area contributed by atoms with Crippen molar-refractivity contribution >= 4 is 17.0 Å². The molecule has 0 saturated carbocycles. The van der Waals surface area contributed by atoms with Gasteiger partial charge in [0.05, 0.1) is 10.7 Å². The molecule has 0 fully saturated rings. The van der Waals surface area contributed by atoms with Gasteiger partial charge in [-0.05, 0) is 31.2 Å². The largest absolute Gasteiger partial charge is 0.487 e. The molecule has 0 bridgehead atoms. The van der Waals surface area contributed by atoms with Crippen LogP contribution in [0.1, 0.15) is 10.7 Å². The molecule has 0 amide bonds. The lowest BCUT2D eigenvalue weighted by Gasteiger charge is -2.05. The summed E-state index contributed by atoms with van der Waals surface area (Å²) in [7, 11) is 1.90. The third-order valence-corrected chi connectivity index (χ3v) is 3.02. The van der Waals surface area contributed by atoms with Crippen molar-refractivity contribution in [3.63, 3.8) is 0 Å². The summed E-state index contributed by atoms with van der Waals surface area (Å²) in [4.78, 5) is 4.34. The van der Waals surface area contributed by atoms with Gasteiger partial charge >= 0.3 is 0 Å². The predicted molar refractivity (Wildman–Crippen MR) is 67.2 cm³/mol. The van der Waals surface area contributed by atoms with Crippen molar-refractivity contribution in [1.82, 2.24) is 4.98 Å². The second-order valence-electron chi connectivity index (χ2n) is 3.42. The van der Waals surface area contributed by atoms with Crippen molar-refractivity contribution in [3.05, 3.63) is 40.3 Å². The zero-order chi connectivity index (χ0) is 11.4. The van der Waals surface area contributed by atoms with Crippen molar-refractivity contribution in [2.75, 3.05) is 12.4 Å². The van der Waals surface area contributed by atoms with Crippen LogP contribution in [0.25, 0.3) is 0 Å². The number of rotatable bonds is 4. The van der Waals surface area contributed by atoms with Gasteiger partial charge in [-0.2, -0.15) is 0 Å². The number of ether oxygens (including phenoxy) is 1. The van der Waals surface area contributed by atoms with Crippen molar-refractivity contribution in [1.29, 1.82) is 0 Å². The summed E-state index contributed by atoms with van der Waals surface area (Å²) in [6.07, 6.45) is 0. The summed E-state index contributed by atoms with van der Waals surface area (Å²) < 4.78 is 5.62. The minimum absolute atomic E-state index is 0.531. The van der Waals surface area contributed by atoms with E-state index < -0.39 is 0 Å². The van der Waals surface area contributed by atoms with Crippen LogP contribution in [0.3, 0.4) is 0 Å². The molecule has 1 aromatic heterocycles. The van der Waals surface area contributed by atoms with Crippen LogP contribution in [0.15, 0.2) is 29.6 Å². The summed E-state index contributed by atoms with van der Waals surface area (Å²) in [5.41, 5.74) is 2.07. The first-order valence-electron chi connectivity index (χ1n) is 5.09. The van der Waals surface area contributed by atoms with E-state index in [1.165, 1.54) is 0 Å². The molecule has 0 aliphatic rings. The Hall–Kier alpha value is -1.55. The zero-order valence-corrected chi connectivity index (χ0v) is 10.2. The van der Waals surface area contributed by atoms with Gasteiger partial charge in [-0.1, -0.05) is 0 Å². The average molecular weight is 234 g/mol. The highest BCUT2D eigenvalue weighted by atomic mass is 32.1. The lowest BCUT2D eigenvalue weighted by Crippen LogP contribution is -1.96. The molecule has 1 N–H and O–H groups in total. The molecule has 1 aromatic carbocycles. The summed E-state index contributed by atoms with van der Waals surface area (Å²) in [5.74, 6) is 0.865. The molecule has 4 heteroatoms. The molecular formula is C12H14N2OS. The van der Waals surface area contributed by atoms with E-state index in [0.29, 0.717) is 6.61 Å². The highest BCUT2D eigenvalue weighted by molar-refractivity contribution is 7.09. The minimum atomic E-state index is 0.531. The lowest BCUT2D eigenvalue weighted by molar-refractivity contribution is 0.302. The molecule has 16 heavy (non-hydrogen) atoms. The third-order valence-electron chi connectivity index (χ3n) is 2.20. The molecule has 0 aliphatic carbocycles. The van der Waals surface area contributed by atoms with E-state index in [-0.39, 0.29) is 0 Å². The van der Waals surface area contributed by atoms with Crippen molar-refractivity contribution in [3.8, 4) is 5.75 Å². The molecule has 0 atom stereocenters. The number of aromatic nitrogens is 1. The molecule has 0 unspecified atom stereocenters. The Labute approximate surface area is 99.1 Å². The monoisotopic (exact) mass is 234 g/mol. The quantitative estimate of drug-likeness (QED) is 0.882. The van der Waals surface area contributed by atoms with Gasteiger partial charge in [0, 0.05) is 18.1 Å². The Balaban J connectivity index is 1.94. The minimum Gasteiger partial charge on any atom is -0.487 e. The molecule has 84 valence electrons. The molecule has 3 nitrogen and oxygen atoms in total.